The number of anilines is 1. The molecule has 0 unspecified atom stereocenters. The molecular weight excluding hydrogens is 322 g/mol. The van der Waals surface area contributed by atoms with Gasteiger partial charge in [-0.1, -0.05) is 18.2 Å². The lowest BCUT2D eigenvalue weighted by Gasteiger charge is -2.34. The van der Waals surface area contributed by atoms with Gasteiger partial charge in [-0.2, -0.15) is 0 Å². The number of morpholine rings is 2. The number of para-hydroxylation sites is 1. The largest absolute Gasteiger partial charge is 0.378 e. The number of fused-ring (bicyclic) bond motifs is 2. The van der Waals surface area contributed by atoms with Crippen molar-refractivity contribution in [1.29, 1.82) is 0 Å². The summed E-state index contributed by atoms with van der Waals surface area (Å²) in [6, 6.07) is 9.26. The van der Waals surface area contributed by atoms with Gasteiger partial charge in [-0.05, 0) is 18.6 Å². The van der Waals surface area contributed by atoms with Gasteiger partial charge in [0, 0.05) is 31.9 Å². The summed E-state index contributed by atoms with van der Waals surface area (Å²) in [5.74, 6) is -0.0151. The molecule has 3 atom stereocenters. The number of likely N-dealkylation sites (tertiary alicyclic amines) is 1. The van der Waals surface area contributed by atoms with Gasteiger partial charge in [0.1, 0.15) is 0 Å². The van der Waals surface area contributed by atoms with Gasteiger partial charge in [0.15, 0.2) is 0 Å². The summed E-state index contributed by atoms with van der Waals surface area (Å²) < 4.78 is 11.3. The number of amides is 3. The highest BCUT2D eigenvalue weighted by molar-refractivity contribution is 5.89. The Bertz CT molecular complexity index is 632. The second kappa shape index (κ2) is 7.01. The van der Waals surface area contributed by atoms with E-state index < -0.39 is 0 Å². The average Bonchev–Trinajstić information content (AvgIpc) is 2.96. The van der Waals surface area contributed by atoms with E-state index in [4.69, 9.17) is 9.47 Å². The molecule has 0 aromatic heterocycles. The molecule has 3 aliphatic heterocycles. The lowest BCUT2D eigenvalue weighted by atomic mass is 9.98. The van der Waals surface area contributed by atoms with Gasteiger partial charge < -0.3 is 24.6 Å². The number of carbonyl (C=O) groups is 2. The molecule has 0 radical (unpaired) electrons. The highest BCUT2D eigenvalue weighted by Crippen LogP contribution is 2.33. The Labute approximate surface area is 146 Å². The molecule has 25 heavy (non-hydrogen) atoms. The van der Waals surface area contributed by atoms with E-state index in [0.29, 0.717) is 45.8 Å². The Kier molecular flexibility index (Phi) is 4.59. The van der Waals surface area contributed by atoms with Gasteiger partial charge in [0.25, 0.3) is 0 Å². The highest BCUT2D eigenvalue weighted by atomic mass is 16.5. The Hall–Kier alpha value is -2.12. The van der Waals surface area contributed by atoms with Crippen LogP contribution in [0.25, 0.3) is 0 Å². The van der Waals surface area contributed by atoms with Crippen LogP contribution in [0.2, 0.25) is 0 Å². The lowest BCUT2D eigenvalue weighted by molar-refractivity contribution is -0.142. The SMILES string of the molecule is O=C(Nc1ccccc1)N1C[C@@H]2C[C@H](C(=O)N3CCOCC3)[C@@H](C1)O2. The zero-order chi connectivity index (χ0) is 17.2. The lowest BCUT2D eigenvalue weighted by Crippen LogP contribution is -2.50. The van der Waals surface area contributed by atoms with E-state index in [-0.39, 0.29) is 30.1 Å². The van der Waals surface area contributed by atoms with Crippen LogP contribution in [0.5, 0.6) is 0 Å². The number of nitrogens with zero attached hydrogens (tertiary/aromatic N) is 2. The zero-order valence-electron chi connectivity index (χ0n) is 14.1. The third-order valence-electron chi connectivity index (χ3n) is 5.11. The molecule has 7 heteroatoms. The van der Waals surface area contributed by atoms with Gasteiger partial charge in [-0.25, -0.2) is 4.79 Å². The van der Waals surface area contributed by atoms with Crippen LogP contribution in [0, 0.1) is 5.92 Å². The molecule has 3 aliphatic rings. The molecule has 0 saturated carbocycles. The maximum atomic E-state index is 12.8. The Morgan fingerprint density at radius 1 is 1.04 bits per heavy atom. The molecule has 0 spiro atoms. The second-order valence-electron chi connectivity index (χ2n) is 6.78. The summed E-state index contributed by atoms with van der Waals surface area (Å²) in [7, 11) is 0. The summed E-state index contributed by atoms with van der Waals surface area (Å²) in [6.07, 6.45) is 0.418. The fourth-order valence-electron chi connectivity index (χ4n) is 3.83. The first kappa shape index (κ1) is 16.4. The molecular formula is C18H23N3O4. The van der Waals surface area contributed by atoms with E-state index in [0.717, 1.165) is 5.69 Å². The summed E-state index contributed by atoms with van der Waals surface area (Å²) >= 11 is 0. The van der Waals surface area contributed by atoms with Gasteiger partial charge in [0.2, 0.25) is 5.91 Å². The molecule has 4 rings (SSSR count). The number of ether oxygens (including phenoxy) is 2. The molecule has 134 valence electrons. The van der Waals surface area contributed by atoms with Crippen LogP contribution in [0.1, 0.15) is 6.42 Å². The predicted molar refractivity (Wildman–Crippen MR) is 91.2 cm³/mol. The maximum absolute atomic E-state index is 12.8. The normalized spacial score (nSPS) is 28.7. The van der Waals surface area contributed by atoms with Crippen molar-refractivity contribution in [2.45, 2.75) is 18.6 Å². The number of benzene rings is 1. The van der Waals surface area contributed by atoms with Crippen molar-refractivity contribution >= 4 is 17.6 Å². The summed E-state index contributed by atoms with van der Waals surface area (Å²) in [4.78, 5) is 28.9. The highest BCUT2D eigenvalue weighted by Gasteiger charge is 2.47. The van der Waals surface area contributed by atoms with Crippen molar-refractivity contribution in [2.24, 2.45) is 5.92 Å². The van der Waals surface area contributed by atoms with Crippen LogP contribution < -0.4 is 5.32 Å². The molecule has 3 amide bonds. The third-order valence-corrected chi connectivity index (χ3v) is 5.11. The number of hydrogen-bond acceptors (Lipinski definition) is 4. The third kappa shape index (κ3) is 3.48. The maximum Gasteiger partial charge on any atom is 0.322 e. The molecule has 3 heterocycles. The van der Waals surface area contributed by atoms with Crippen molar-refractivity contribution in [3.63, 3.8) is 0 Å². The summed E-state index contributed by atoms with van der Waals surface area (Å²) in [6.45, 7) is 3.46. The van der Waals surface area contributed by atoms with Crippen LogP contribution in [0.4, 0.5) is 10.5 Å². The van der Waals surface area contributed by atoms with Crippen molar-refractivity contribution in [3.05, 3.63) is 30.3 Å². The first-order valence-corrected chi connectivity index (χ1v) is 8.83. The minimum Gasteiger partial charge on any atom is -0.378 e. The number of rotatable bonds is 2. The number of hydrogen-bond donors (Lipinski definition) is 1. The van der Waals surface area contributed by atoms with E-state index >= 15 is 0 Å². The van der Waals surface area contributed by atoms with Gasteiger partial charge in [0.05, 0.1) is 31.3 Å². The van der Waals surface area contributed by atoms with Crippen LogP contribution in [0.15, 0.2) is 30.3 Å². The molecule has 7 nitrogen and oxygen atoms in total. The molecule has 1 N–H and O–H groups in total. The van der Waals surface area contributed by atoms with Crippen LogP contribution in [-0.2, 0) is 14.3 Å². The molecule has 2 bridgehead atoms. The van der Waals surface area contributed by atoms with Crippen LogP contribution in [0.3, 0.4) is 0 Å². The van der Waals surface area contributed by atoms with Crippen LogP contribution in [-0.4, -0.2) is 73.3 Å². The number of nitrogens with one attached hydrogen (secondary N) is 1. The molecule has 0 aliphatic carbocycles. The smallest absolute Gasteiger partial charge is 0.322 e. The van der Waals surface area contributed by atoms with Crippen molar-refractivity contribution in [2.75, 3.05) is 44.7 Å². The molecule has 3 fully saturated rings. The standard InChI is InChI=1S/C18H23N3O4/c22-17(20-6-8-24-9-7-20)15-10-14-11-21(12-16(15)25-14)18(23)19-13-4-2-1-3-5-13/h1-5,14-16H,6-12H2,(H,19,23)/t14-,15-,16+/m0/s1. The Morgan fingerprint density at radius 2 is 1.80 bits per heavy atom. The van der Waals surface area contributed by atoms with Crippen molar-refractivity contribution < 1.29 is 19.1 Å². The minimum atomic E-state index is -0.212. The summed E-state index contributed by atoms with van der Waals surface area (Å²) in [5, 5.41) is 2.91. The number of carbonyl (C=O) groups excluding carboxylic acids is 2. The predicted octanol–water partition coefficient (Wildman–Crippen LogP) is 1.17. The van der Waals surface area contributed by atoms with E-state index in [1.807, 2.05) is 35.2 Å². The van der Waals surface area contributed by atoms with Gasteiger partial charge in [-0.15, -0.1) is 0 Å². The van der Waals surface area contributed by atoms with Crippen LogP contribution >= 0.6 is 0 Å². The van der Waals surface area contributed by atoms with E-state index in [1.165, 1.54) is 0 Å². The molecule has 3 saturated heterocycles. The number of urea groups is 1. The van der Waals surface area contributed by atoms with E-state index in [9.17, 15) is 9.59 Å². The quantitative estimate of drug-likeness (QED) is 0.873. The molecule has 1 aromatic carbocycles. The average molecular weight is 345 g/mol. The topological polar surface area (TPSA) is 71.1 Å². The van der Waals surface area contributed by atoms with E-state index in [1.54, 1.807) is 4.90 Å². The fourth-order valence-corrected chi connectivity index (χ4v) is 3.83. The minimum absolute atomic E-state index is 0.0599. The monoisotopic (exact) mass is 345 g/mol. The Balaban J connectivity index is 1.38. The molecule has 1 aromatic rings. The second-order valence-corrected chi connectivity index (χ2v) is 6.78. The first-order valence-electron chi connectivity index (χ1n) is 8.83. The van der Waals surface area contributed by atoms with E-state index in [2.05, 4.69) is 5.32 Å². The fraction of sp³-hybridized carbons (Fsp3) is 0.556. The van der Waals surface area contributed by atoms with Gasteiger partial charge >= 0.3 is 6.03 Å². The zero-order valence-corrected chi connectivity index (χ0v) is 14.1. The van der Waals surface area contributed by atoms with Crippen molar-refractivity contribution in [3.8, 4) is 0 Å². The van der Waals surface area contributed by atoms with Gasteiger partial charge in [-0.3, -0.25) is 4.79 Å². The van der Waals surface area contributed by atoms with Crippen molar-refractivity contribution in [1.82, 2.24) is 9.80 Å². The summed E-state index contributed by atoms with van der Waals surface area (Å²) in [5.41, 5.74) is 0.771. The Morgan fingerprint density at radius 3 is 2.56 bits per heavy atom. The first-order chi connectivity index (χ1) is 12.2.